The highest BCUT2D eigenvalue weighted by molar-refractivity contribution is 7.48. The smallest absolute Gasteiger partial charge is 0.344 e. The first-order valence-corrected chi connectivity index (χ1v) is 9.44. The Morgan fingerprint density at radius 2 is 1.57 bits per heavy atom. The molecular weight excluding hydrogens is 289 g/mol. The van der Waals surface area contributed by atoms with Crippen LogP contribution >= 0.6 is 7.82 Å². The minimum Gasteiger partial charge on any atom is -0.344 e. The first kappa shape index (κ1) is 23.3. The highest BCUT2D eigenvalue weighted by atomic mass is 31.2. The summed E-state index contributed by atoms with van der Waals surface area (Å²) in [5, 5.41) is 0. The predicted molar refractivity (Wildman–Crippen MR) is 89.0 cm³/mol. The highest BCUT2D eigenvalue weighted by Crippen LogP contribution is 2.55. The maximum atomic E-state index is 12.7. The van der Waals surface area contributed by atoms with Crippen molar-refractivity contribution in [3.8, 4) is 0 Å². The lowest BCUT2D eigenvalue weighted by atomic mass is 9.80. The lowest BCUT2D eigenvalue weighted by molar-refractivity contribution is -0.0374. The number of rotatable bonds is 12. The minimum absolute atomic E-state index is 0. The van der Waals surface area contributed by atoms with Crippen LogP contribution in [-0.4, -0.2) is 19.3 Å². The average Bonchev–Trinajstić information content (AvgIpc) is 2.47. The molecule has 0 aromatic carbocycles. The zero-order valence-electron chi connectivity index (χ0n) is 14.8. The Kier molecular flexibility index (Phi) is 12.9. The van der Waals surface area contributed by atoms with Crippen LogP contribution in [0.2, 0.25) is 0 Å². The SMILES string of the molecule is CCCCOP(=O)(OC)OC(CC)(CC)C(CC)CC.N. The van der Waals surface area contributed by atoms with Gasteiger partial charge in [-0.25, -0.2) is 4.57 Å². The lowest BCUT2D eigenvalue weighted by Crippen LogP contribution is -2.39. The van der Waals surface area contributed by atoms with Crippen molar-refractivity contribution in [3.05, 3.63) is 0 Å². The molecule has 0 aliphatic heterocycles. The predicted octanol–water partition coefficient (Wildman–Crippen LogP) is 5.73. The summed E-state index contributed by atoms with van der Waals surface area (Å²) in [5.74, 6) is 0.357. The van der Waals surface area contributed by atoms with E-state index in [-0.39, 0.29) is 6.15 Å². The molecule has 0 amide bonds. The minimum atomic E-state index is -3.46. The first-order chi connectivity index (χ1) is 9.47. The van der Waals surface area contributed by atoms with Gasteiger partial charge in [-0.3, -0.25) is 13.6 Å². The van der Waals surface area contributed by atoms with Crippen LogP contribution in [0.4, 0.5) is 0 Å². The number of phosphoric acid groups is 1. The fraction of sp³-hybridized carbons (Fsp3) is 1.00. The van der Waals surface area contributed by atoms with Crippen LogP contribution in [0.15, 0.2) is 0 Å². The number of phosphoric ester groups is 1. The van der Waals surface area contributed by atoms with Gasteiger partial charge < -0.3 is 6.15 Å². The molecule has 1 atom stereocenters. The molecule has 5 nitrogen and oxygen atoms in total. The van der Waals surface area contributed by atoms with Gasteiger partial charge in [0.25, 0.3) is 0 Å². The summed E-state index contributed by atoms with van der Waals surface area (Å²) in [5.41, 5.74) is -0.429. The van der Waals surface area contributed by atoms with Gasteiger partial charge in [-0.15, -0.1) is 0 Å². The number of unbranched alkanes of at least 4 members (excludes halogenated alkanes) is 1. The normalized spacial score (nSPS) is 14.8. The maximum Gasteiger partial charge on any atom is 0.475 e. The van der Waals surface area contributed by atoms with Crippen LogP contribution in [0.1, 0.15) is 73.1 Å². The zero-order chi connectivity index (χ0) is 15.6. The third kappa shape index (κ3) is 6.79. The van der Waals surface area contributed by atoms with Crippen molar-refractivity contribution in [3.63, 3.8) is 0 Å². The summed E-state index contributed by atoms with van der Waals surface area (Å²) < 4.78 is 29.2. The summed E-state index contributed by atoms with van der Waals surface area (Å²) in [7, 11) is -2.07. The van der Waals surface area contributed by atoms with Gasteiger partial charge in [0.1, 0.15) is 0 Å². The fourth-order valence-corrected chi connectivity index (χ4v) is 4.16. The van der Waals surface area contributed by atoms with Crippen molar-refractivity contribution >= 4 is 7.82 Å². The van der Waals surface area contributed by atoms with Gasteiger partial charge in [-0.1, -0.05) is 53.9 Å². The molecule has 0 radical (unpaired) electrons. The summed E-state index contributed by atoms with van der Waals surface area (Å²) in [4.78, 5) is 0. The Labute approximate surface area is 131 Å². The molecule has 0 fully saturated rings. The van der Waals surface area contributed by atoms with Crippen LogP contribution in [0.5, 0.6) is 0 Å². The molecule has 3 N–H and O–H groups in total. The molecule has 0 spiro atoms. The molecular formula is C15H36NO4P. The van der Waals surface area contributed by atoms with E-state index in [0.717, 1.165) is 38.5 Å². The molecule has 21 heavy (non-hydrogen) atoms. The monoisotopic (exact) mass is 325 g/mol. The van der Waals surface area contributed by atoms with Gasteiger partial charge in [-0.05, 0) is 25.2 Å². The molecule has 0 heterocycles. The topological polar surface area (TPSA) is 79.8 Å². The van der Waals surface area contributed by atoms with Crippen LogP contribution < -0.4 is 6.15 Å². The van der Waals surface area contributed by atoms with Crippen molar-refractivity contribution < 1.29 is 18.1 Å². The Bertz CT molecular complexity index is 291. The second-order valence-electron chi connectivity index (χ2n) is 5.19. The molecule has 0 saturated heterocycles. The van der Waals surface area contributed by atoms with Gasteiger partial charge >= 0.3 is 7.82 Å². The Hall–Kier alpha value is 0.0700. The third-order valence-electron chi connectivity index (χ3n) is 4.19. The molecule has 0 rings (SSSR count). The highest BCUT2D eigenvalue weighted by Gasteiger charge is 2.42. The van der Waals surface area contributed by atoms with Crippen LogP contribution in [0.25, 0.3) is 0 Å². The summed E-state index contributed by atoms with van der Waals surface area (Å²) in [6, 6.07) is 0. The van der Waals surface area contributed by atoms with Crippen molar-refractivity contribution in [1.29, 1.82) is 0 Å². The van der Waals surface area contributed by atoms with E-state index in [9.17, 15) is 4.57 Å². The summed E-state index contributed by atoms with van der Waals surface area (Å²) >= 11 is 0. The standard InChI is InChI=1S/C15H33O4P.H3N/c1-7-12-13-18-20(16,17-6)19-15(10-4,11-5)14(8-2)9-3;/h14H,7-13H2,1-6H3;1H3. The quantitative estimate of drug-likeness (QED) is 0.366. The first-order valence-electron chi connectivity index (χ1n) is 7.98. The molecule has 0 aromatic rings. The van der Waals surface area contributed by atoms with Gasteiger partial charge in [0.05, 0.1) is 12.2 Å². The van der Waals surface area contributed by atoms with Crippen LogP contribution in [0, 0.1) is 5.92 Å². The summed E-state index contributed by atoms with van der Waals surface area (Å²) in [6.45, 7) is 10.9. The Morgan fingerprint density at radius 3 is 1.90 bits per heavy atom. The van der Waals surface area contributed by atoms with Crippen LogP contribution in [0.3, 0.4) is 0 Å². The van der Waals surface area contributed by atoms with E-state index in [1.807, 2.05) is 0 Å². The van der Waals surface area contributed by atoms with Crippen molar-refractivity contribution in [2.75, 3.05) is 13.7 Å². The van der Waals surface area contributed by atoms with Gasteiger partial charge in [0.15, 0.2) is 0 Å². The Morgan fingerprint density at radius 1 is 1.05 bits per heavy atom. The molecule has 0 saturated carbocycles. The number of hydrogen-bond acceptors (Lipinski definition) is 5. The zero-order valence-corrected chi connectivity index (χ0v) is 15.7. The lowest BCUT2D eigenvalue weighted by Gasteiger charge is -2.40. The van der Waals surface area contributed by atoms with Crippen LogP contribution in [-0.2, 0) is 18.1 Å². The molecule has 0 aromatic heterocycles. The second kappa shape index (κ2) is 11.6. The van der Waals surface area contributed by atoms with E-state index in [1.165, 1.54) is 7.11 Å². The molecule has 0 aliphatic carbocycles. The van der Waals surface area contributed by atoms with E-state index >= 15 is 0 Å². The van der Waals surface area contributed by atoms with Crippen molar-refractivity contribution in [2.45, 2.75) is 78.7 Å². The van der Waals surface area contributed by atoms with E-state index in [2.05, 4.69) is 34.6 Å². The molecule has 130 valence electrons. The summed E-state index contributed by atoms with van der Waals surface area (Å²) in [6.07, 6.45) is 5.45. The fourth-order valence-electron chi connectivity index (χ4n) is 2.72. The Balaban J connectivity index is 0. The average molecular weight is 325 g/mol. The molecule has 1 unspecified atom stereocenters. The third-order valence-corrected chi connectivity index (χ3v) is 5.72. The molecule has 0 aliphatic rings. The molecule has 0 bridgehead atoms. The molecule has 6 heteroatoms. The van der Waals surface area contributed by atoms with Crippen molar-refractivity contribution in [1.82, 2.24) is 6.15 Å². The van der Waals surface area contributed by atoms with E-state index in [4.69, 9.17) is 13.6 Å². The maximum absolute atomic E-state index is 12.7. The van der Waals surface area contributed by atoms with E-state index in [0.29, 0.717) is 12.5 Å². The van der Waals surface area contributed by atoms with E-state index < -0.39 is 13.4 Å². The second-order valence-corrected chi connectivity index (χ2v) is 6.89. The largest absolute Gasteiger partial charge is 0.475 e. The van der Waals surface area contributed by atoms with Gasteiger partial charge in [-0.2, -0.15) is 0 Å². The van der Waals surface area contributed by atoms with Gasteiger partial charge in [0.2, 0.25) is 0 Å². The van der Waals surface area contributed by atoms with Gasteiger partial charge in [0, 0.05) is 7.11 Å². The van der Waals surface area contributed by atoms with E-state index in [1.54, 1.807) is 0 Å². The number of hydrogen-bond donors (Lipinski definition) is 1. The van der Waals surface area contributed by atoms with Crippen molar-refractivity contribution in [2.24, 2.45) is 5.92 Å².